The smallest absolute Gasteiger partial charge is 0.238 e. The number of rotatable bonds is 3. The van der Waals surface area contributed by atoms with Gasteiger partial charge in [-0.1, -0.05) is 48.9 Å². The van der Waals surface area contributed by atoms with Crippen molar-refractivity contribution in [3.05, 3.63) is 94.1 Å². The van der Waals surface area contributed by atoms with Crippen molar-refractivity contribution in [2.45, 2.75) is 39.0 Å². The number of Topliss-reactive ketones (excluding diaryl/α,β-unsaturated/α-hetero) is 1. The third kappa shape index (κ3) is 3.39. The number of imide groups is 1. The van der Waals surface area contributed by atoms with Crippen molar-refractivity contribution in [2.24, 2.45) is 17.8 Å². The van der Waals surface area contributed by atoms with Gasteiger partial charge >= 0.3 is 0 Å². The molecule has 1 fully saturated rings. The summed E-state index contributed by atoms with van der Waals surface area (Å²) in [6, 6.07) is 14.3. The first-order chi connectivity index (χ1) is 17.8. The Labute approximate surface area is 215 Å². The Kier molecular flexibility index (Phi) is 5.37. The Hall–Kier alpha value is -4.06. The van der Waals surface area contributed by atoms with Crippen LogP contribution >= 0.6 is 0 Å². The lowest BCUT2D eigenvalue weighted by Crippen LogP contribution is -2.39. The zero-order chi connectivity index (χ0) is 26.0. The van der Waals surface area contributed by atoms with Crippen LogP contribution in [0.1, 0.15) is 43.7 Å². The number of carbonyl (C=O) groups excluding carboxylic acids is 4. The van der Waals surface area contributed by atoms with E-state index in [4.69, 9.17) is 0 Å². The maximum atomic E-state index is 13.9. The van der Waals surface area contributed by atoms with Gasteiger partial charge in [-0.2, -0.15) is 0 Å². The van der Waals surface area contributed by atoms with Gasteiger partial charge in [0.05, 0.1) is 17.5 Å². The highest BCUT2D eigenvalue weighted by atomic mass is 16.3. The minimum atomic E-state index is -0.642. The summed E-state index contributed by atoms with van der Waals surface area (Å²) >= 11 is 0. The monoisotopic (exact) mass is 493 g/mol. The molecule has 0 spiro atoms. The summed E-state index contributed by atoms with van der Waals surface area (Å²) in [5.41, 5.74) is 4.18. The Balaban J connectivity index is 1.47. The molecule has 37 heavy (non-hydrogen) atoms. The SMILES string of the molecule is CCc1ccc(N2C(=O)C3CC=C4C(c5ccccc5O)C5=C(CC4C3C2=O)C(=O)C=C(C)C5=O)cc1. The number of para-hydroxylation sites is 1. The molecular weight excluding hydrogens is 466 g/mol. The van der Waals surface area contributed by atoms with Gasteiger partial charge in [0.25, 0.3) is 0 Å². The molecule has 1 heterocycles. The average molecular weight is 494 g/mol. The predicted molar refractivity (Wildman–Crippen MR) is 138 cm³/mol. The number of aromatic hydroxyl groups is 1. The van der Waals surface area contributed by atoms with E-state index >= 15 is 0 Å². The maximum absolute atomic E-state index is 13.9. The fourth-order valence-electron chi connectivity index (χ4n) is 6.58. The summed E-state index contributed by atoms with van der Waals surface area (Å²) in [5, 5.41) is 10.8. The molecular formula is C31H27NO5. The van der Waals surface area contributed by atoms with E-state index in [-0.39, 0.29) is 35.6 Å². The normalized spacial score (nSPS) is 27.0. The summed E-state index contributed by atoms with van der Waals surface area (Å²) < 4.78 is 0. The number of hydrogen-bond acceptors (Lipinski definition) is 5. The summed E-state index contributed by atoms with van der Waals surface area (Å²) in [7, 11) is 0. The molecule has 4 unspecified atom stereocenters. The van der Waals surface area contributed by atoms with Gasteiger partial charge in [-0.15, -0.1) is 0 Å². The minimum Gasteiger partial charge on any atom is -0.508 e. The van der Waals surface area contributed by atoms with Gasteiger partial charge in [0.1, 0.15) is 5.75 Å². The number of allylic oxidation sites excluding steroid dienone is 6. The van der Waals surface area contributed by atoms with Crippen molar-refractivity contribution in [1.29, 1.82) is 0 Å². The molecule has 0 aromatic heterocycles. The first-order valence-electron chi connectivity index (χ1n) is 12.8. The molecule has 6 heteroatoms. The number of phenols is 1. The van der Waals surface area contributed by atoms with Crippen LogP contribution in [0.25, 0.3) is 0 Å². The largest absolute Gasteiger partial charge is 0.508 e. The van der Waals surface area contributed by atoms with E-state index in [1.807, 2.05) is 37.3 Å². The number of aryl methyl sites for hydroxylation is 1. The summed E-state index contributed by atoms with van der Waals surface area (Å²) in [6.45, 7) is 3.67. The number of phenolic OH excluding ortho intramolecular Hbond substituents is 1. The molecule has 1 saturated heterocycles. The maximum Gasteiger partial charge on any atom is 0.238 e. The number of anilines is 1. The summed E-state index contributed by atoms with van der Waals surface area (Å²) in [4.78, 5) is 55.3. The zero-order valence-electron chi connectivity index (χ0n) is 20.7. The highest BCUT2D eigenvalue weighted by Gasteiger charge is 2.56. The van der Waals surface area contributed by atoms with E-state index in [0.717, 1.165) is 17.6 Å². The van der Waals surface area contributed by atoms with Crippen LogP contribution in [0.2, 0.25) is 0 Å². The molecule has 2 aromatic rings. The number of hydrogen-bond donors (Lipinski definition) is 1. The highest BCUT2D eigenvalue weighted by molar-refractivity contribution is 6.25. The average Bonchev–Trinajstić information content (AvgIpc) is 3.16. The van der Waals surface area contributed by atoms with E-state index < -0.39 is 23.7 Å². The molecule has 1 N–H and O–H groups in total. The summed E-state index contributed by atoms with van der Waals surface area (Å²) in [6.07, 6.45) is 4.78. The molecule has 1 aliphatic heterocycles. The number of nitrogens with zero attached hydrogens (tertiary/aromatic N) is 1. The van der Waals surface area contributed by atoms with Crippen LogP contribution in [0.15, 0.2) is 83.0 Å². The van der Waals surface area contributed by atoms with Gasteiger partial charge in [-0.05, 0) is 61.9 Å². The van der Waals surface area contributed by atoms with Crippen LogP contribution < -0.4 is 4.90 Å². The van der Waals surface area contributed by atoms with Crippen molar-refractivity contribution in [3.63, 3.8) is 0 Å². The Bertz CT molecular complexity index is 1480. The van der Waals surface area contributed by atoms with Crippen molar-refractivity contribution in [1.82, 2.24) is 0 Å². The first-order valence-corrected chi connectivity index (χ1v) is 12.8. The lowest BCUT2D eigenvalue weighted by Gasteiger charge is -2.42. The van der Waals surface area contributed by atoms with E-state index in [1.54, 1.807) is 31.2 Å². The topological polar surface area (TPSA) is 91.8 Å². The first kappa shape index (κ1) is 23.3. The number of benzene rings is 2. The molecule has 4 atom stereocenters. The van der Waals surface area contributed by atoms with Crippen molar-refractivity contribution in [2.75, 3.05) is 4.90 Å². The van der Waals surface area contributed by atoms with Crippen molar-refractivity contribution in [3.8, 4) is 5.75 Å². The molecule has 186 valence electrons. The van der Waals surface area contributed by atoms with Gasteiger partial charge < -0.3 is 5.11 Å². The quantitative estimate of drug-likeness (QED) is 0.384. The molecule has 6 rings (SSSR count). The van der Waals surface area contributed by atoms with E-state index in [9.17, 15) is 24.3 Å². The standard InChI is InChI=1S/C31H27NO5/c1-3-17-8-10-18(11-9-17)32-30(36)21-13-12-19-22(27(21)31(32)37)15-23-25(34)14-16(2)29(35)28(23)26(19)20-6-4-5-7-24(20)33/h4-12,14,21-22,26-27,33H,3,13,15H2,1-2H3. The second-order valence-electron chi connectivity index (χ2n) is 10.3. The van der Waals surface area contributed by atoms with Gasteiger partial charge in [0.15, 0.2) is 11.6 Å². The Morgan fingerprint density at radius 3 is 2.38 bits per heavy atom. The van der Waals surface area contributed by atoms with Crippen LogP contribution in [0, 0.1) is 17.8 Å². The molecule has 0 saturated carbocycles. The summed E-state index contributed by atoms with van der Waals surface area (Å²) in [5.74, 6) is -3.12. The van der Waals surface area contributed by atoms with Gasteiger partial charge in [0, 0.05) is 28.2 Å². The third-order valence-electron chi connectivity index (χ3n) is 8.42. The van der Waals surface area contributed by atoms with Gasteiger partial charge in [-0.3, -0.25) is 24.1 Å². The van der Waals surface area contributed by atoms with Gasteiger partial charge in [-0.25, -0.2) is 0 Å². The zero-order valence-corrected chi connectivity index (χ0v) is 20.7. The Morgan fingerprint density at radius 2 is 1.68 bits per heavy atom. The third-order valence-corrected chi connectivity index (χ3v) is 8.42. The fraction of sp³-hybridized carbons (Fsp3) is 0.290. The fourth-order valence-corrected chi connectivity index (χ4v) is 6.58. The van der Waals surface area contributed by atoms with E-state index in [1.165, 1.54) is 11.0 Å². The molecule has 2 amide bonds. The van der Waals surface area contributed by atoms with Gasteiger partial charge in [0.2, 0.25) is 11.8 Å². The second kappa shape index (κ2) is 8.51. The molecule has 0 radical (unpaired) electrons. The van der Waals surface area contributed by atoms with E-state index in [0.29, 0.717) is 34.4 Å². The number of fused-ring (bicyclic) bond motifs is 3. The van der Waals surface area contributed by atoms with Crippen LogP contribution in [0.4, 0.5) is 5.69 Å². The molecule has 6 nitrogen and oxygen atoms in total. The lowest BCUT2D eigenvalue weighted by molar-refractivity contribution is -0.123. The highest BCUT2D eigenvalue weighted by Crippen LogP contribution is 2.56. The lowest BCUT2D eigenvalue weighted by atomic mass is 9.59. The van der Waals surface area contributed by atoms with Crippen LogP contribution in [0.3, 0.4) is 0 Å². The van der Waals surface area contributed by atoms with E-state index in [2.05, 4.69) is 0 Å². The molecule has 0 bridgehead atoms. The van der Waals surface area contributed by atoms with Crippen LogP contribution in [-0.4, -0.2) is 28.5 Å². The molecule has 4 aliphatic rings. The number of carbonyl (C=O) groups is 4. The molecule has 2 aromatic carbocycles. The Morgan fingerprint density at radius 1 is 0.946 bits per heavy atom. The second-order valence-corrected chi connectivity index (χ2v) is 10.3. The number of amides is 2. The predicted octanol–water partition coefficient (Wildman–Crippen LogP) is 4.59. The van der Waals surface area contributed by atoms with Crippen molar-refractivity contribution < 1.29 is 24.3 Å². The molecule has 3 aliphatic carbocycles. The van der Waals surface area contributed by atoms with Crippen LogP contribution in [0.5, 0.6) is 5.75 Å². The minimum absolute atomic E-state index is 0.0296. The van der Waals surface area contributed by atoms with Crippen LogP contribution in [-0.2, 0) is 25.6 Å². The van der Waals surface area contributed by atoms with Crippen molar-refractivity contribution >= 4 is 29.1 Å². The number of ketones is 2.